The molecule has 1 saturated heterocycles. The Hall–Kier alpha value is -1.69. The molecule has 0 aliphatic carbocycles. The average Bonchev–Trinajstić information content (AvgIpc) is 2.51. The molecule has 2 heterocycles. The Morgan fingerprint density at radius 2 is 2.23 bits per heavy atom. The molecule has 6 heteroatoms. The van der Waals surface area contributed by atoms with Gasteiger partial charge in [-0.1, -0.05) is 22.9 Å². The molecule has 1 unspecified atom stereocenters. The zero-order chi connectivity index (χ0) is 15.5. The Kier molecular flexibility index (Phi) is 4.57. The summed E-state index contributed by atoms with van der Waals surface area (Å²) >= 11 is 3.51. The fourth-order valence-corrected chi connectivity index (χ4v) is 2.98. The van der Waals surface area contributed by atoms with Crippen molar-refractivity contribution in [1.29, 1.82) is 0 Å². The van der Waals surface area contributed by atoms with Gasteiger partial charge in [0.05, 0.1) is 6.20 Å². The van der Waals surface area contributed by atoms with Gasteiger partial charge in [-0.25, -0.2) is 0 Å². The Bertz CT molecular complexity index is 661. The molecular formula is C16H20BrN5. The van der Waals surface area contributed by atoms with Crippen LogP contribution in [0, 0.1) is 12.8 Å². The molecule has 0 amide bonds. The highest BCUT2D eigenvalue weighted by Crippen LogP contribution is 2.24. The van der Waals surface area contributed by atoms with E-state index in [4.69, 9.17) is 0 Å². The van der Waals surface area contributed by atoms with Crippen molar-refractivity contribution in [1.82, 2.24) is 15.2 Å². The summed E-state index contributed by atoms with van der Waals surface area (Å²) in [5.74, 6) is 2.12. The fraction of sp³-hybridized carbons (Fsp3) is 0.438. The minimum absolute atomic E-state index is 0.683. The normalized spacial score (nSPS) is 18.3. The van der Waals surface area contributed by atoms with E-state index >= 15 is 0 Å². The topological polar surface area (TPSA) is 53.9 Å². The van der Waals surface area contributed by atoms with Crippen LogP contribution in [0.1, 0.15) is 25.3 Å². The summed E-state index contributed by atoms with van der Waals surface area (Å²) in [6.45, 7) is 6.34. The molecule has 1 aliphatic rings. The number of rotatable bonds is 3. The number of hydrogen-bond acceptors (Lipinski definition) is 5. The van der Waals surface area contributed by atoms with E-state index in [0.29, 0.717) is 11.9 Å². The second kappa shape index (κ2) is 6.60. The summed E-state index contributed by atoms with van der Waals surface area (Å²) in [6.07, 6.45) is 4.13. The highest BCUT2D eigenvalue weighted by atomic mass is 79.9. The molecule has 0 radical (unpaired) electrons. The van der Waals surface area contributed by atoms with Gasteiger partial charge in [-0.2, -0.15) is 10.1 Å². The Balaban J connectivity index is 1.77. The van der Waals surface area contributed by atoms with Crippen LogP contribution in [-0.4, -0.2) is 28.3 Å². The van der Waals surface area contributed by atoms with E-state index in [-0.39, 0.29) is 0 Å². The van der Waals surface area contributed by atoms with Gasteiger partial charge in [-0.15, -0.1) is 5.10 Å². The van der Waals surface area contributed by atoms with Crippen LogP contribution in [0.5, 0.6) is 0 Å². The third-order valence-electron chi connectivity index (χ3n) is 3.92. The number of nitrogens with zero attached hydrogens (tertiary/aromatic N) is 4. The number of aryl methyl sites for hydroxylation is 1. The number of piperidine rings is 1. The molecule has 22 heavy (non-hydrogen) atoms. The monoisotopic (exact) mass is 361 g/mol. The van der Waals surface area contributed by atoms with Crippen molar-refractivity contribution < 1.29 is 0 Å². The van der Waals surface area contributed by atoms with Gasteiger partial charge in [0.25, 0.3) is 0 Å². The van der Waals surface area contributed by atoms with E-state index in [2.05, 4.69) is 61.2 Å². The van der Waals surface area contributed by atoms with E-state index in [1.807, 2.05) is 12.1 Å². The lowest BCUT2D eigenvalue weighted by molar-refractivity contribution is 0.441. The van der Waals surface area contributed by atoms with Crippen molar-refractivity contribution in [3.8, 4) is 0 Å². The molecule has 0 bridgehead atoms. The minimum atomic E-state index is 0.683. The average molecular weight is 362 g/mol. The molecule has 1 aliphatic heterocycles. The molecule has 1 aromatic heterocycles. The van der Waals surface area contributed by atoms with Gasteiger partial charge in [0.15, 0.2) is 5.82 Å². The maximum absolute atomic E-state index is 4.61. The quantitative estimate of drug-likeness (QED) is 0.897. The van der Waals surface area contributed by atoms with Gasteiger partial charge in [-0.3, -0.25) is 0 Å². The molecule has 3 rings (SSSR count). The van der Waals surface area contributed by atoms with E-state index < -0.39 is 0 Å². The molecule has 2 aromatic rings. The predicted octanol–water partition coefficient (Wildman–Crippen LogP) is 3.92. The predicted molar refractivity (Wildman–Crippen MR) is 92.6 cm³/mol. The first-order valence-corrected chi connectivity index (χ1v) is 8.39. The van der Waals surface area contributed by atoms with Crippen LogP contribution >= 0.6 is 15.9 Å². The second-order valence-electron chi connectivity index (χ2n) is 5.92. The molecule has 5 nitrogen and oxygen atoms in total. The molecule has 1 N–H and O–H groups in total. The third kappa shape index (κ3) is 3.55. The lowest BCUT2D eigenvalue weighted by Crippen LogP contribution is -2.35. The largest absolute Gasteiger partial charge is 0.339 e. The number of halogens is 1. The Morgan fingerprint density at radius 3 is 3.00 bits per heavy atom. The standard InChI is InChI=1S/C16H20BrN5/c1-11-4-3-7-22(10-11)16-20-15(9-18-21-16)19-13-5-6-14(17)12(2)8-13/h5-6,8-9,11H,3-4,7,10H2,1-2H3,(H,19,20,21). The highest BCUT2D eigenvalue weighted by Gasteiger charge is 2.19. The summed E-state index contributed by atoms with van der Waals surface area (Å²) in [6, 6.07) is 6.12. The van der Waals surface area contributed by atoms with Gasteiger partial charge in [0, 0.05) is 23.2 Å². The van der Waals surface area contributed by atoms with E-state index in [0.717, 1.165) is 29.1 Å². The van der Waals surface area contributed by atoms with Crippen molar-refractivity contribution in [2.45, 2.75) is 26.7 Å². The number of aromatic nitrogens is 3. The second-order valence-corrected chi connectivity index (χ2v) is 6.78. The molecular weight excluding hydrogens is 342 g/mol. The molecule has 0 spiro atoms. The zero-order valence-corrected chi connectivity index (χ0v) is 14.5. The molecule has 1 aromatic carbocycles. The first-order valence-electron chi connectivity index (χ1n) is 7.59. The number of anilines is 3. The first kappa shape index (κ1) is 15.2. The summed E-state index contributed by atoms with van der Waals surface area (Å²) in [5, 5.41) is 11.6. The highest BCUT2D eigenvalue weighted by molar-refractivity contribution is 9.10. The lowest BCUT2D eigenvalue weighted by atomic mass is 10.0. The Labute approximate surface area is 139 Å². The van der Waals surface area contributed by atoms with Crippen LogP contribution in [0.15, 0.2) is 28.9 Å². The number of benzene rings is 1. The first-order chi connectivity index (χ1) is 10.6. The molecule has 1 fully saturated rings. The van der Waals surface area contributed by atoms with Crippen LogP contribution in [0.3, 0.4) is 0 Å². The summed E-state index contributed by atoms with van der Waals surface area (Å²) < 4.78 is 1.10. The van der Waals surface area contributed by atoms with Gasteiger partial charge in [-0.05, 0) is 49.4 Å². The zero-order valence-electron chi connectivity index (χ0n) is 12.9. The number of nitrogens with one attached hydrogen (secondary N) is 1. The van der Waals surface area contributed by atoms with Crippen LogP contribution < -0.4 is 10.2 Å². The van der Waals surface area contributed by atoms with Gasteiger partial charge in [0.1, 0.15) is 0 Å². The molecule has 0 saturated carbocycles. The fourth-order valence-electron chi connectivity index (χ4n) is 2.73. The van der Waals surface area contributed by atoms with Crippen molar-refractivity contribution in [3.63, 3.8) is 0 Å². The Morgan fingerprint density at radius 1 is 1.36 bits per heavy atom. The van der Waals surface area contributed by atoms with Gasteiger partial charge < -0.3 is 10.2 Å². The van der Waals surface area contributed by atoms with Crippen molar-refractivity contribution in [3.05, 3.63) is 34.4 Å². The van der Waals surface area contributed by atoms with Crippen LogP contribution in [0.4, 0.5) is 17.5 Å². The number of hydrogen-bond donors (Lipinski definition) is 1. The smallest absolute Gasteiger partial charge is 0.247 e. The van der Waals surface area contributed by atoms with Crippen molar-refractivity contribution in [2.75, 3.05) is 23.3 Å². The summed E-state index contributed by atoms with van der Waals surface area (Å²) in [5.41, 5.74) is 2.18. The SMILES string of the molecule is Cc1cc(Nc2cnnc(N3CCCC(C)C3)n2)ccc1Br. The van der Waals surface area contributed by atoms with Crippen LogP contribution in [0.2, 0.25) is 0 Å². The summed E-state index contributed by atoms with van der Waals surface area (Å²) in [4.78, 5) is 6.83. The maximum Gasteiger partial charge on any atom is 0.247 e. The summed E-state index contributed by atoms with van der Waals surface area (Å²) in [7, 11) is 0. The minimum Gasteiger partial charge on any atom is -0.339 e. The van der Waals surface area contributed by atoms with Crippen molar-refractivity contribution >= 4 is 33.4 Å². The van der Waals surface area contributed by atoms with Crippen molar-refractivity contribution in [2.24, 2.45) is 5.92 Å². The maximum atomic E-state index is 4.61. The van der Waals surface area contributed by atoms with Crippen LogP contribution in [-0.2, 0) is 0 Å². The van der Waals surface area contributed by atoms with E-state index in [1.54, 1.807) is 6.20 Å². The third-order valence-corrected chi connectivity index (χ3v) is 4.81. The lowest BCUT2D eigenvalue weighted by Gasteiger charge is -2.30. The molecule has 116 valence electrons. The van der Waals surface area contributed by atoms with Gasteiger partial charge in [0.2, 0.25) is 5.95 Å². The van der Waals surface area contributed by atoms with E-state index in [9.17, 15) is 0 Å². The van der Waals surface area contributed by atoms with E-state index in [1.165, 1.54) is 18.4 Å². The van der Waals surface area contributed by atoms with Crippen LogP contribution in [0.25, 0.3) is 0 Å². The van der Waals surface area contributed by atoms with Gasteiger partial charge >= 0.3 is 0 Å². The molecule has 1 atom stereocenters.